The highest BCUT2D eigenvalue weighted by atomic mass is 35.5. The molecule has 160 valence electrons. The largest absolute Gasteiger partial charge is 0.340 e. The number of piperidine rings is 1. The second-order valence-electron chi connectivity index (χ2n) is 8.01. The summed E-state index contributed by atoms with van der Waals surface area (Å²) in [6.07, 6.45) is 1.65. The molecule has 2 saturated heterocycles. The molecule has 7 heteroatoms. The van der Waals surface area contributed by atoms with Gasteiger partial charge in [0.05, 0.1) is 5.92 Å². The van der Waals surface area contributed by atoms with E-state index in [-0.39, 0.29) is 42.2 Å². The lowest BCUT2D eigenvalue weighted by Gasteiger charge is -2.34. The molecule has 3 atom stereocenters. The number of anilines is 1. The molecule has 2 heterocycles. The van der Waals surface area contributed by atoms with Crippen LogP contribution < -0.4 is 11.1 Å². The number of rotatable bonds is 3. The summed E-state index contributed by atoms with van der Waals surface area (Å²) in [5.74, 6) is 0.129. The van der Waals surface area contributed by atoms with Gasteiger partial charge >= 0.3 is 6.03 Å². The summed E-state index contributed by atoms with van der Waals surface area (Å²) in [5, 5.41) is 2.92. The molecule has 2 aliphatic heterocycles. The number of nitrogens with two attached hydrogens (primary N) is 1. The van der Waals surface area contributed by atoms with Gasteiger partial charge in [-0.05, 0) is 30.5 Å². The fourth-order valence-corrected chi connectivity index (χ4v) is 4.41. The summed E-state index contributed by atoms with van der Waals surface area (Å²) in [7, 11) is 0. The number of carbonyl (C=O) groups excluding carboxylic acids is 2. The summed E-state index contributed by atoms with van der Waals surface area (Å²) < 4.78 is 0. The lowest BCUT2D eigenvalue weighted by molar-refractivity contribution is -0.135. The highest BCUT2D eigenvalue weighted by molar-refractivity contribution is 5.90. The van der Waals surface area contributed by atoms with Gasteiger partial charge in [-0.1, -0.05) is 48.5 Å². The Bertz CT molecular complexity index is 849. The molecule has 30 heavy (non-hydrogen) atoms. The van der Waals surface area contributed by atoms with Crippen LogP contribution in [0.4, 0.5) is 10.5 Å². The third kappa shape index (κ3) is 4.94. The van der Waals surface area contributed by atoms with Gasteiger partial charge in [0.25, 0.3) is 0 Å². The van der Waals surface area contributed by atoms with E-state index in [4.69, 9.17) is 5.73 Å². The zero-order chi connectivity index (χ0) is 20.2. The first-order valence-corrected chi connectivity index (χ1v) is 10.3. The number of nitrogens with one attached hydrogen (secondary N) is 1. The molecule has 0 aliphatic carbocycles. The number of hydrogen-bond acceptors (Lipinski definition) is 3. The Morgan fingerprint density at radius 2 is 1.57 bits per heavy atom. The molecular formula is C23H29ClN4O2. The summed E-state index contributed by atoms with van der Waals surface area (Å²) >= 11 is 0. The lowest BCUT2D eigenvalue weighted by atomic mass is 9.95. The smallest absolute Gasteiger partial charge is 0.321 e. The van der Waals surface area contributed by atoms with Gasteiger partial charge in [0.1, 0.15) is 0 Å². The van der Waals surface area contributed by atoms with E-state index in [1.165, 1.54) is 5.56 Å². The van der Waals surface area contributed by atoms with Crippen molar-refractivity contribution in [2.75, 3.05) is 31.5 Å². The predicted octanol–water partition coefficient (Wildman–Crippen LogP) is 3.31. The molecule has 0 aromatic heterocycles. The fourth-order valence-electron chi connectivity index (χ4n) is 4.41. The summed E-state index contributed by atoms with van der Waals surface area (Å²) in [5.41, 5.74) is 8.31. The maximum atomic E-state index is 13.2. The van der Waals surface area contributed by atoms with Crippen LogP contribution >= 0.6 is 12.4 Å². The van der Waals surface area contributed by atoms with E-state index in [2.05, 4.69) is 17.4 Å². The Labute approximate surface area is 183 Å². The van der Waals surface area contributed by atoms with Crippen LogP contribution in [0.15, 0.2) is 60.7 Å². The van der Waals surface area contributed by atoms with Gasteiger partial charge in [-0.15, -0.1) is 12.4 Å². The monoisotopic (exact) mass is 428 g/mol. The molecule has 3 amide bonds. The summed E-state index contributed by atoms with van der Waals surface area (Å²) in [4.78, 5) is 29.4. The molecule has 0 radical (unpaired) electrons. The number of likely N-dealkylation sites (tertiary alicyclic amines) is 2. The van der Waals surface area contributed by atoms with Gasteiger partial charge in [0.2, 0.25) is 5.91 Å². The van der Waals surface area contributed by atoms with Crippen molar-refractivity contribution in [2.45, 2.75) is 24.8 Å². The Balaban J connectivity index is 0.00000256. The second-order valence-corrected chi connectivity index (χ2v) is 8.01. The summed E-state index contributed by atoms with van der Waals surface area (Å²) in [6, 6.07) is 19.4. The van der Waals surface area contributed by atoms with Gasteiger partial charge in [0.15, 0.2) is 0 Å². The molecule has 0 saturated carbocycles. The Morgan fingerprint density at radius 1 is 0.900 bits per heavy atom. The van der Waals surface area contributed by atoms with Crippen molar-refractivity contribution in [3.8, 4) is 0 Å². The number of halogens is 1. The van der Waals surface area contributed by atoms with E-state index in [0.29, 0.717) is 26.2 Å². The topological polar surface area (TPSA) is 78.7 Å². The highest BCUT2D eigenvalue weighted by Crippen LogP contribution is 2.29. The van der Waals surface area contributed by atoms with E-state index in [1.54, 1.807) is 4.90 Å². The first-order chi connectivity index (χ1) is 14.1. The fraction of sp³-hybridized carbons (Fsp3) is 0.391. The highest BCUT2D eigenvalue weighted by Gasteiger charge is 2.38. The van der Waals surface area contributed by atoms with Gasteiger partial charge in [-0.25, -0.2) is 4.79 Å². The maximum absolute atomic E-state index is 13.2. The lowest BCUT2D eigenvalue weighted by Crippen LogP contribution is -2.47. The van der Waals surface area contributed by atoms with Crippen LogP contribution in [0, 0.1) is 5.92 Å². The molecule has 2 fully saturated rings. The van der Waals surface area contributed by atoms with Crippen LogP contribution in [-0.2, 0) is 4.79 Å². The summed E-state index contributed by atoms with van der Waals surface area (Å²) in [6.45, 7) is 2.36. The van der Waals surface area contributed by atoms with E-state index in [0.717, 1.165) is 18.5 Å². The first-order valence-electron chi connectivity index (χ1n) is 10.3. The molecule has 2 aromatic rings. The predicted molar refractivity (Wildman–Crippen MR) is 121 cm³/mol. The van der Waals surface area contributed by atoms with Crippen LogP contribution in [-0.4, -0.2) is 54.0 Å². The molecule has 6 nitrogen and oxygen atoms in total. The van der Waals surface area contributed by atoms with Crippen molar-refractivity contribution in [2.24, 2.45) is 11.7 Å². The van der Waals surface area contributed by atoms with Crippen molar-refractivity contribution < 1.29 is 9.59 Å². The van der Waals surface area contributed by atoms with Crippen molar-refractivity contribution in [1.82, 2.24) is 9.80 Å². The van der Waals surface area contributed by atoms with Gasteiger partial charge in [0, 0.05) is 43.8 Å². The van der Waals surface area contributed by atoms with Crippen LogP contribution in [0.1, 0.15) is 24.3 Å². The minimum absolute atomic E-state index is 0. The Morgan fingerprint density at radius 3 is 2.27 bits per heavy atom. The Hall–Kier alpha value is -2.57. The maximum Gasteiger partial charge on any atom is 0.321 e. The van der Waals surface area contributed by atoms with Gasteiger partial charge < -0.3 is 20.9 Å². The number of amides is 3. The van der Waals surface area contributed by atoms with Crippen molar-refractivity contribution in [1.29, 1.82) is 0 Å². The van der Waals surface area contributed by atoms with Crippen molar-refractivity contribution >= 4 is 30.0 Å². The Kier molecular flexibility index (Phi) is 7.34. The quantitative estimate of drug-likeness (QED) is 0.787. The van der Waals surface area contributed by atoms with Crippen LogP contribution in [0.5, 0.6) is 0 Å². The molecule has 4 rings (SSSR count). The molecular weight excluding hydrogens is 400 g/mol. The van der Waals surface area contributed by atoms with Crippen molar-refractivity contribution in [3.05, 3.63) is 66.2 Å². The second kappa shape index (κ2) is 9.96. The van der Waals surface area contributed by atoms with E-state index in [1.807, 2.05) is 53.4 Å². The normalized spacial score (nSPS) is 23.6. The van der Waals surface area contributed by atoms with E-state index >= 15 is 0 Å². The third-order valence-corrected chi connectivity index (χ3v) is 5.99. The SMILES string of the molecule is Cl.N[C@@H]1CN(C(=O)C2CCCN(C(=O)Nc3ccccc3)C2)C[C@H]1c1ccccc1. The number of benzene rings is 2. The van der Waals surface area contributed by atoms with Crippen LogP contribution in [0.25, 0.3) is 0 Å². The molecule has 2 aliphatic rings. The molecule has 0 bridgehead atoms. The first kappa shape index (κ1) is 22.1. The average Bonchev–Trinajstić information content (AvgIpc) is 3.16. The minimum atomic E-state index is -0.160. The standard InChI is InChI=1S/C23H28N4O2.ClH/c24-21-16-27(15-20(21)17-8-3-1-4-9-17)22(28)18-10-7-13-26(14-18)23(29)25-19-11-5-2-6-12-19;/h1-6,8-9,11-12,18,20-21H,7,10,13-16,24H2,(H,25,29);1H/t18?,20-,21+;/m0./s1. The molecule has 1 unspecified atom stereocenters. The molecule has 3 N–H and O–H groups in total. The van der Waals surface area contributed by atoms with E-state index in [9.17, 15) is 9.59 Å². The number of urea groups is 1. The average molecular weight is 429 g/mol. The zero-order valence-corrected chi connectivity index (χ0v) is 17.8. The number of nitrogens with zero attached hydrogens (tertiary/aromatic N) is 2. The zero-order valence-electron chi connectivity index (χ0n) is 16.9. The molecule has 0 spiro atoms. The number of hydrogen-bond donors (Lipinski definition) is 2. The van der Waals surface area contributed by atoms with Crippen LogP contribution in [0.2, 0.25) is 0 Å². The van der Waals surface area contributed by atoms with Crippen molar-refractivity contribution in [3.63, 3.8) is 0 Å². The van der Waals surface area contributed by atoms with Crippen LogP contribution in [0.3, 0.4) is 0 Å². The third-order valence-electron chi connectivity index (χ3n) is 5.99. The van der Waals surface area contributed by atoms with Gasteiger partial charge in [-0.2, -0.15) is 0 Å². The van der Waals surface area contributed by atoms with E-state index < -0.39 is 0 Å². The number of carbonyl (C=O) groups is 2. The number of para-hydroxylation sites is 1. The minimum Gasteiger partial charge on any atom is -0.340 e. The molecule has 2 aromatic carbocycles. The van der Waals surface area contributed by atoms with Gasteiger partial charge in [-0.3, -0.25) is 4.79 Å².